The van der Waals surface area contributed by atoms with Gasteiger partial charge in [-0.25, -0.2) is 0 Å². The molecule has 0 saturated heterocycles. The van der Waals surface area contributed by atoms with Gasteiger partial charge in [0.15, 0.2) is 11.5 Å². The summed E-state index contributed by atoms with van der Waals surface area (Å²) < 4.78 is 26.1. The molecule has 71 heavy (non-hydrogen) atoms. The molecule has 4 aromatic carbocycles. The number of methoxy groups -OCH3 is 2. The van der Waals surface area contributed by atoms with Crippen molar-refractivity contribution in [2.24, 2.45) is 11.5 Å². The van der Waals surface area contributed by atoms with Crippen molar-refractivity contribution < 1.29 is 33.5 Å². The van der Waals surface area contributed by atoms with Gasteiger partial charge in [0, 0.05) is 36.4 Å². The van der Waals surface area contributed by atoms with Crippen LogP contribution in [0, 0.1) is 10.1 Å². The SMILES string of the molecule is CCOc1cc2ncc(C(N)=O)c(Nc3cccc(CNCc4ccsc4)c3CC)c2cc1OCC.CCc1c(Cn2cnc([N+](=O)[O-])c2)cccc1[As]c1c(C(N)=O)cnc2cc(OC)c(OC)cc12. The van der Waals surface area contributed by atoms with Gasteiger partial charge in [-0.3, -0.25) is 9.78 Å². The number of nitrogens with one attached hydrogen (secondary N) is 2. The number of benzene rings is 4. The topological polar surface area (TPSA) is 234 Å². The van der Waals surface area contributed by atoms with Gasteiger partial charge in [-0.15, -0.1) is 0 Å². The summed E-state index contributed by atoms with van der Waals surface area (Å²) in [4.78, 5) is 48.0. The van der Waals surface area contributed by atoms with Gasteiger partial charge in [-0.1, -0.05) is 19.1 Å². The standard InChI is InChI=1S/C28H32N4O3S.C24H23AsN5O5/c1-4-20-19(15-30-14-18-10-11-36-17-18)8-7-9-23(20)32-27-21-12-25(34-5-2)26(35-6-3)13-24(21)31-16-22(27)28(29)33;1-4-15-14(11-29-12-22(28-13-29)30(32)33)6-5-7-18(15)25-23-16-8-20(34-2)21(35-3)9-19(16)27-10-17(23)24(26)31/h7-13,16-17,30H,4-6,14-15H2,1-3H3,(H2,29,33)(H,31,32);5-10,12-13H,4,11H2,1-3H3,(H2,26,31). The molecule has 0 atom stereocenters. The molecule has 2 amide bonds. The number of amides is 2. The number of hydrogen-bond donors (Lipinski definition) is 4. The van der Waals surface area contributed by atoms with E-state index in [2.05, 4.69) is 68.4 Å². The van der Waals surface area contributed by atoms with Crippen LogP contribution in [0.1, 0.15) is 76.2 Å². The van der Waals surface area contributed by atoms with E-state index in [1.165, 1.54) is 41.6 Å². The predicted octanol–water partition coefficient (Wildman–Crippen LogP) is 7.51. The molecular weight excluding hydrogens is 986 g/mol. The third-order valence-corrected chi connectivity index (χ3v) is 15.1. The molecule has 0 spiro atoms. The molecule has 8 rings (SSSR count). The van der Waals surface area contributed by atoms with E-state index < -0.39 is 32.5 Å². The number of hydrogen-bond acceptors (Lipinski definition) is 14. The van der Waals surface area contributed by atoms with Crippen LogP contribution < -0.4 is 49.8 Å². The first-order valence-electron chi connectivity index (χ1n) is 22.9. The Labute approximate surface area is 421 Å². The molecule has 367 valence electrons. The molecule has 8 aromatic rings. The molecule has 0 aliphatic heterocycles. The minimum atomic E-state index is -0.666. The number of nitro groups is 1. The summed E-state index contributed by atoms with van der Waals surface area (Å²) in [5.41, 5.74) is 20.9. The van der Waals surface area contributed by atoms with Crippen LogP contribution in [0.4, 0.5) is 17.2 Å². The van der Waals surface area contributed by atoms with Crippen molar-refractivity contribution in [1.29, 1.82) is 0 Å². The summed E-state index contributed by atoms with van der Waals surface area (Å²) in [5, 5.41) is 23.8. The normalized spacial score (nSPS) is 11.1. The fraction of sp³-hybridized carbons (Fsp3) is 0.250. The number of pyridine rings is 2. The second kappa shape index (κ2) is 23.9. The van der Waals surface area contributed by atoms with Gasteiger partial charge in [0.25, 0.3) is 5.91 Å². The van der Waals surface area contributed by atoms with Crippen molar-refractivity contribution in [3.8, 4) is 23.0 Å². The van der Waals surface area contributed by atoms with Crippen LogP contribution in [0.25, 0.3) is 21.8 Å². The van der Waals surface area contributed by atoms with E-state index in [0.29, 0.717) is 70.6 Å². The number of imidazole rings is 1. The Hall–Kier alpha value is -7.53. The number of thiophene rings is 1. The molecule has 17 nitrogen and oxygen atoms in total. The Kier molecular flexibility index (Phi) is 17.2. The Morgan fingerprint density at radius 1 is 0.775 bits per heavy atom. The fourth-order valence-corrected chi connectivity index (χ4v) is 11.9. The average molecular weight is 1040 g/mol. The van der Waals surface area contributed by atoms with Crippen molar-refractivity contribution in [3.05, 3.63) is 151 Å². The number of nitrogens with two attached hydrogens (primary N) is 2. The van der Waals surface area contributed by atoms with E-state index in [-0.39, 0.29) is 5.82 Å². The van der Waals surface area contributed by atoms with Crippen LogP contribution in [-0.4, -0.2) is 79.4 Å². The molecule has 4 aromatic heterocycles. The summed E-state index contributed by atoms with van der Waals surface area (Å²) in [6.45, 7) is 11.0. The van der Waals surface area contributed by atoms with E-state index in [9.17, 15) is 19.7 Å². The fourth-order valence-electron chi connectivity index (χ4n) is 8.20. The van der Waals surface area contributed by atoms with Crippen LogP contribution in [0.3, 0.4) is 0 Å². The number of aromatic nitrogens is 4. The molecule has 4 heterocycles. The number of primary amides is 2. The van der Waals surface area contributed by atoms with Gasteiger partial charge >= 0.3 is 208 Å². The summed E-state index contributed by atoms with van der Waals surface area (Å²) in [6, 6.07) is 21.6. The quantitative estimate of drug-likeness (QED) is 0.0310. The average Bonchev–Trinajstić information content (AvgIpc) is 4.07. The van der Waals surface area contributed by atoms with Crippen molar-refractivity contribution in [2.45, 2.75) is 60.2 Å². The first-order valence-corrected chi connectivity index (χ1v) is 25.7. The number of anilines is 2. The Balaban J connectivity index is 0.000000209. The predicted molar refractivity (Wildman–Crippen MR) is 279 cm³/mol. The molecule has 19 heteroatoms. The summed E-state index contributed by atoms with van der Waals surface area (Å²) >= 11 is 1.03. The van der Waals surface area contributed by atoms with E-state index in [0.717, 1.165) is 62.2 Å². The number of ether oxygens (including phenoxy) is 4. The van der Waals surface area contributed by atoms with E-state index in [4.69, 9.17) is 30.4 Å². The molecule has 0 unspecified atom stereocenters. The van der Waals surface area contributed by atoms with E-state index >= 15 is 0 Å². The number of fused-ring (bicyclic) bond motifs is 2. The first kappa shape index (κ1) is 51.3. The summed E-state index contributed by atoms with van der Waals surface area (Å²) in [7, 11) is 3.11. The molecular formula is C52H55AsN9O8S. The number of carbonyl (C=O) groups is 2. The van der Waals surface area contributed by atoms with Crippen LogP contribution in [-0.2, 0) is 32.5 Å². The first-order chi connectivity index (χ1) is 34.4. The summed E-state index contributed by atoms with van der Waals surface area (Å²) in [5.74, 6) is 1.02. The molecule has 0 aliphatic rings. The Morgan fingerprint density at radius 2 is 1.41 bits per heavy atom. The van der Waals surface area contributed by atoms with Crippen LogP contribution in [0.5, 0.6) is 23.0 Å². The second-order valence-electron chi connectivity index (χ2n) is 15.9. The van der Waals surface area contributed by atoms with Crippen molar-refractivity contribution in [3.63, 3.8) is 0 Å². The Bertz CT molecular complexity index is 3200. The van der Waals surface area contributed by atoms with Crippen LogP contribution in [0.15, 0.2) is 102 Å². The van der Waals surface area contributed by atoms with Gasteiger partial charge in [0.2, 0.25) is 0 Å². The van der Waals surface area contributed by atoms with E-state index in [1.54, 1.807) is 36.2 Å². The number of nitrogens with zero attached hydrogens (tertiary/aromatic N) is 5. The molecule has 0 aliphatic carbocycles. The number of carbonyl (C=O) groups excluding carboxylic acids is 2. The van der Waals surface area contributed by atoms with Gasteiger partial charge < -0.3 is 25.8 Å². The molecule has 0 fully saturated rings. The molecule has 0 bridgehead atoms. The second-order valence-corrected chi connectivity index (χ2v) is 19.1. The third kappa shape index (κ3) is 11.9. The van der Waals surface area contributed by atoms with E-state index in [1.807, 2.05) is 56.3 Å². The molecule has 0 saturated carbocycles. The minimum absolute atomic E-state index is 0.190. The Morgan fingerprint density at radius 3 is 2.04 bits per heavy atom. The van der Waals surface area contributed by atoms with Gasteiger partial charge in [-0.2, -0.15) is 11.3 Å². The van der Waals surface area contributed by atoms with Crippen molar-refractivity contribution in [2.75, 3.05) is 32.8 Å². The maximum atomic E-state index is 12.4. The van der Waals surface area contributed by atoms with Crippen molar-refractivity contribution >= 4 is 86.6 Å². The van der Waals surface area contributed by atoms with Gasteiger partial charge in [0.1, 0.15) is 0 Å². The zero-order valence-electron chi connectivity index (χ0n) is 40.3. The molecule has 6 N–H and O–H groups in total. The monoisotopic (exact) mass is 1040 g/mol. The zero-order chi connectivity index (χ0) is 50.6. The van der Waals surface area contributed by atoms with Crippen LogP contribution >= 0.6 is 11.3 Å². The zero-order valence-corrected chi connectivity index (χ0v) is 43.0. The maximum absolute atomic E-state index is 12.4. The number of rotatable bonds is 21. The van der Waals surface area contributed by atoms with Gasteiger partial charge in [-0.05, 0) is 65.9 Å². The van der Waals surface area contributed by atoms with Crippen LogP contribution in [0.2, 0.25) is 0 Å². The molecule has 1 radical (unpaired) electrons. The summed E-state index contributed by atoms with van der Waals surface area (Å²) in [6.07, 6.45) is 7.49. The third-order valence-electron chi connectivity index (χ3n) is 11.5. The van der Waals surface area contributed by atoms with Gasteiger partial charge in [0.05, 0.1) is 30.0 Å². The van der Waals surface area contributed by atoms with Crippen molar-refractivity contribution in [1.82, 2.24) is 24.8 Å².